The van der Waals surface area contributed by atoms with Gasteiger partial charge in [0, 0.05) is 41.1 Å². The van der Waals surface area contributed by atoms with Crippen LogP contribution < -0.4 is 70.4 Å². The highest BCUT2D eigenvalue weighted by Gasteiger charge is 2.41. The van der Waals surface area contributed by atoms with E-state index in [1.54, 1.807) is 13.8 Å². The summed E-state index contributed by atoms with van der Waals surface area (Å²) in [7, 11) is -0.750. The highest BCUT2D eigenvalue weighted by atomic mass is 33.1. The number of hydrogen-bond donors (Lipinski definition) is 18. The molecule has 3 fully saturated rings. The smallest absolute Gasteiger partial charge is 0.469 e. The van der Waals surface area contributed by atoms with Gasteiger partial charge in [-0.05, 0) is 39.0 Å². The van der Waals surface area contributed by atoms with Crippen LogP contribution in [0, 0.1) is 5.92 Å². The zero-order valence-electron chi connectivity index (χ0n) is 47.1. The fourth-order valence-electron chi connectivity index (χ4n) is 7.76. The molecule has 42 heteroatoms. The highest BCUT2D eigenvalue weighted by molar-refractivity contribution is 8.77. The Morgan fingerprint density at radius 3 is 1.80 bits per heavy atom. The largest absolute Gasteiger partial charge is 0.480 e. The lowest BCUT2D eigenvalue weighted by Crippen LogP contribution is -2.61. The first-order valence-electron chi connectivity index (χ1n) is 26.4. The van der Waals surface area contributed by atoms with Gasteiger partial charge in [-0.25, -0.2) is 14.2 Å². The van der Waals surface area contributed by atoms with Crippen LogP contribution in [0.25, 0.3) is 0 Å². The molecule has 0 aromatic carbocycles. The fourth-order valence-corrected chi connectivity index (χ4v) is 15.0. The molecule has 0 aromatic heterocycles. The van der Waals surface area contributed by atoms with Gasteiger partial charge in [0.2, 0.25) is 70.9 Å². The molecule has 0 aromatic rings. The van der Waals surface area contributed by atoms with Crippen LogP contribution in [0.4, 0.5) is 0 Å². The summed E-state index contributed by atoms with van der Waals surface area (Å²) in [5.74, 6) is -19.3. The van der Waals surface area contributed by atoms with Gasteiger partial charge in [0.05, 0.1) is 37.8 Å². The standard InChI is InChI=1S/C45H73N14O21PS6/c1-18(2)8-22-36(65)56-27-15-86-87-17-29(44(73)74)50-32(62)10-49-42(71)33(20(4)60)58-41(70)28(54-34(63)19(3)46)16-85-84-13-25(39(68)53-24(37(66)51-22)11-80-81(77,78)79)55-35(64)21(47)12-82-83-14-26(57-40(27)69)38(67)52-23(9-31(48)61)43(72)59-7-5-6-30(59)45(75)76/h18-30,33,60H,5-17,46-47H2,1-4H3,(H2,48,61)(H,49,71)(H,50,62)(H,51,66)(H,52,67)(H,53,68)(H,54,63)(H,55,64)(H,56,65)(H,57,69)(H,58,70)(H,73,74)(H,75,76)(H2,77,78,79)/t19-,20+,21-,22-,23-,24-,25-,26-,27-,28-,29+,30-,33-/m0/s1. The summed E-state index contributed by atoms with van der Waals surface area (Å²) in [6.07, 6.45) is -2.43. The number of carboxylic acids is 2. The molecule has 2 bridgehead atoms. The van der Waals surface area contributed by atoms with Crippen LogP contribution in [-0.2, 0) is 76.2 Å². The molecule has 35 nitrogen and oxygen atoms in total. The molecule has 490 valence electrons. The highest BCUT2D eigenvalue weighted by Crippen LogP contribution is 2.36. The number of phosphoric ester groups is 1. The Hall–Kier alpha value is -5.33. The minimum Gasteiger partial charge on any atom is -0.480 e. The Kier molecular flexibility index (Phi) is 32.3. The van der Waals surface area contributed by atoms with Crippen molar-refractivity contribution in [2.75, 3.05) is 54.2 Å². The van der Waals surface area contributed by atoms with Gasteiger partial charge < -0.3 is 100 Å². The average molecular weight is 1370 g/mol. The second-order valence-corrected chi connectivity index (χ2v) is 28.9. The number of phosphoric acid groups is 1. The number of carbonyl (C=O) groups is 14. The fraction of sp³-hybridized carbons (Fsp3) is 0.689. The van der Waals surface area contributed by atoms with E-state index in [0.29, 0.717) is 0 Å². The topological polar surface area (TPSA) is 568 Å². The molecule has 0 saturated carbocycles. The first-order chi connectivity index (χ1) is 40.7. The number of nitrogens with zero attached hydrogens (tertiary/aromatic N) is 1. The molecule has 0 radical (unpaired) electrons. The van der Waals surface area contributed by atoms with Crippen LogP contribution in [-0.4, -0.2) is 246 Å². The monoisotopic (exact) mass is 1370 g/mol. The van der Waals surface area contributed by atoms with Crippen LogP contribution in [0.3, 0.4) is 0 Å². The number of carboxylic acid groups (broad SMARTS) is 2. The number of fused-ring (bicyclic) bond motifs is 9. The van der Waals surface area contributed by atoms with Crippen molar-refractivity contribution in [3.8, 4) is 0 Å². The lowest BCUT2D eigenvalue weighted by atomic mass is 10.0. The summed E-state index contributed by atoms with van der Waals surface area (Å²) in [5, 5.41) is 53.8. The van der Waals surface area contributed by atoms with Gasteiger partial charge in [0.15, 0.2) is 0 Å². The second kappa shape index (κ2) is 37.0. The quantitative estimate of drug-likeness (QED) is 0.0411. The first kappa shape index (κ1) is 75.9. The van der Waals surface area contributed by atoms with Gasteiger partial charge in [-0.2, -0.15) is 0 Å². The van der Waals surface area contributed by atoms with Crippen LogP contribution in [0.1, 0.15) is 53.4 Å². The molecule has 0 unspecified atom stereocenters. The SMILES string of the molecule is CC(C)C[C@@H]1NC(=O)[C@H](COP(=O)(O)O)NC(=O)[C@@H]2CSSC[C@H](NC(=O)[C@H](C)N)C(=O)N[C@@H]([C@@H](C)O)C(=O)NCC(=O)N[C@@H](C(=O)O)CSSC[C@H](NC1=O)C(=O)N[C@H](C(=O)N[C@@H](CC(N)=O)C(=O)N1CCC[C@H]1C(=O)O)CSSC[C@H](N)C(=O)N2. The molecule has 0 aliphatic carbocycles. The first-order valence-corrected chi connectivity index (χ1v) is 35.4. The number of rotatable bonds is 15. The molecule has 3 rings (SSSR count). The molecule has 3 aliphatic heterocycles. The summed E-state index contributed by atoms with van der Waals surface area (Å²) in [4.78, 5) is 210. The number of primary amides is 1. The molecule has 21 N–H and O–H groups in total. The van der Waals surface area contributed by atoms with E-state index in [4.69, 9.17) is 17.2 Å². The lowest BCUT2D eigenvalue weighted by Gasteiger charge is -2.29. The third kappa shape index (κ3) is 26.7. The van der Waals surface area contributed by atoms with Crippen molar-refractivity contribution in [2.24, 2.45) is 23.1 Å². The van der Waals surface area contributed by atoms with Gasteiger partial charge >= 0.3 is 19.8 Å². The molecule has 0 spiro atoms. The molecule has 3 aliphatic rings. The van der Waals surface area contributed by atoms with Crippen LogP contribution in [0.2, 0.25) is 0 Å². The summed E-state index contributed by atoms with van der Waals surface area (Å²) >= 11 is 0. The molecule has 3 saturated heterocycles. The summed E-state index contributed by atoms with van der Waals surface area (Å²) in [5.41, 5.74) is 17.5. The Morgan fingerprint density at radius 1 is 0.690 bits per heavy atom. The summed E-state index contributed by atoms with van der Waals surface area (Å²) < 4.78 is 16.6. The van der Waals surface area contributed by atoms with Crippen molar-refractivity contribution in [1.29, 1.82) is 0 Å². The number of amides is 12. The zero-order valence-corrected chi connectivity index (χ0v) is 52.9. The van der Waals surface area contributed by atoms with E-state index in [0.717, 1.165) is 76.6 Å². The molecular weight excluding hydrogens is 1300 g/mol. The zero-order chi connectivity index (χ0) is 65.5. The Balaban J connectivity index is 2.27. The lowest BCUT2D eigenvalue weighted by molar-refractivity contribution is -0.149. The van der Waals surface area contributed by atoms with Crippen molar-refractivity contribution in [3.63, 3.8) is 0 Å². The van der Waals surface area contributed by atoms with Crippen molar-refractivity contribution in [3.05, 3.63) is 0 Å². The maximum absolute atomic E-state index is 14.6. The normalized spacial score (nSPS) is 27.4. The minimum absolute atomic E-state index is 0.0455. The molecular formula is C45H73N14O21PS6. The summed E-state index contributed by atoms with van der Waals surface area (Å²) in [6, 6.07) is -19.9. The van der Waals surface area contributed by atoms with Gasteiger partial charge in [-0.15, -0.1) is 0 Å². The molecule has 12 amide bonds. The Labute approximate surface area is 521 Å². The van der Waals surface area contributed by atoms with Crippen molar-refractivity contribution >= 4 is 155 Å². The number of likely N-dealkylation sites (tertiary alicyclic amines) is 1. The number of nitrogens with two attached hydrogens (primary N) is 3. The number of aliphatic hydroxyl groups excluding tert-OH is 1. The van der Waals surface area contributed by atoms with E-state index in [-0.39, 0.29) is 31.6 Å². The van der Waals surface area contributed by atoms with E-state index in [9.17, 15) is 96.8 Å². The number of aliphatic hydroxyl groups is 1. The second-order valence-electron chi connectivity index (χ2n) is 20.0. The van der Waals surface area contributed by atoms with Gasteiger partial charge in [-0.3, -0.25) is 62.1 Å². The number of hydrogen-bond acceptors (Lipinski definition) is 25. The van der Waals surface area contributed by atoms with E-state index in [1.165, 1.54) is 6.92 Å². The van der Waals surface area contributed by atoms with Crippen LogP contribution in [0.5, 0.6) is 0 Å². The number of aliphatic carboxylic acids is 2. The third-order valence-electron chi connectivity index (χ3n) is 12.3. The maximum Gasteiger partial charge on any atom is 0.469 e. The Bertz CT molecular complexity index is 2580. The van der Waals surface area contributed by atoms with Gasteiger partial charge in [0.25, 0.3) is 0 Å². The van der Waals surface area contributed by atoms with Crippen LogP contribution >= 0.6 is 72.6 Å². The predicted molar refractivity (Wildman–Crippen MR) is 320 cm³/mol. The number of nitrogens with one attached hydrogen (secondary N) is 10. The average Bonchev–Trinajstić information content (AvgIpc) is 2.87. The molecule has 87 heavy (non-hydrogen) atoms. The van der Waals surface area contributed by atoms with Crippen molar-refractivity contribution in [2.45, 2.75) is 132 Å². The third-order valence-corrected chi connectivity index (χ3v) is 20.1. The Morgan fingerprint density at radius 2 is 1.24 bits per heavy atom. The van der Waals surface area contributed by atoms with Gasteiger partial charge in [0.1, 0.15) is 60.4 Å². The van der Waals surface area contributed by atoms with E-state index in [1.807, 2.05) is 0 Å². The maximum atomic E-state index is 14.6. The van der Waals surface area contributed by atoms with E-state index in [2.05, 4.69) is 57.7 Å². The van der Waals surface area contributed by atoms with Crippen molar-refractivity contribution < 1.29 is 101 Å². The van der Waals surface area contributed by atoms with Gasteiger partial charge in [-0.1, -0.05) is 78.6 Å². The molecule has 3 heterocycles. The van der Waals surface area contributed by atoms with Crippen molar-refractivity contribution in [1.82, 2.24) is 58.1 Å². The number of carbonyl (C=O) groups excluding carboxylic acids is 12. The van der Waals surface area contributed by atoms with Crippen LogP contribution in [0.15, 0.2) is 0 Å². The summed E-state index contributed by atoms with van der Waals surface area (Å²) in [6.45, 7) is 3.38. The van der Waals surface area contributed by atoms with E-state index < -0.39 is 224 Å². The predicted octanol–water partition coefficient (Wildman–Crippen LogP) is -7.12. The van der Waals surface area contributed by atoms with E-state index >= 15 is 0 Å². The molecule has 13 atom stereocenters. The minimum atomic E-state index is -5.43.